The van der Waals surface area contributed by atoms with E-state index in [1.807, 2.05) is 0 Å². The Kier molecular flexibility index (Phi) is 25.0. The molecular formula is C44H59F6N15O6S2. The second-order valence-electron chi connectivity index (χ2n) is 15.6. The van der Waals surface area contributed by atoms with E-state index in [2.05, 4.69) is 46.9 Å². The van der Waals surface area contributed by atoms with Crippen molar-refractivity contribution in [3.63, 3.8) is 0 Å². The van der Waals surface area contributed by atoms with Crippen molar-refractivity contribution in [3.8, 4) is 0 Å². The summed E-state index contributed by atoms with van der Waals surface area (Å²) in [5.74, 6) is -4.88. The van der Waals surface area contributed by atoms with E-state index in [1.54, 1.807) is 0 Å². The van der Waals surface area contributed by atoms with Gasteiger partial charge in [0.1, 0.15) is 5.70 Å². The number of hydrogen-bond donors (Lipinski definition) is 12. The number of rotatable bonds is 26. The Balaban J connectivity index is 2.10. The number of hydrogen-bond acceptors (Lipinski definition) is 13. The molecule has 0 unspecified atom stereocenters. The molecule has 6 amide bonds. The van der Waals surface area contributed by atoms with Gasteiger partial charge >= 0.3 is 12.4 Å². The number of nitrogens with zero attached hydrogens (tertiary/aromatic N) is 3. The summed E-state index contributed by atoms with van der Waals surface area (Å²) in [7, 11) is 0. The number of allylic oxidation sites excluding steroid dienone is 1. The molecule has 18 N–H and O–H groups in total. The van der Waals surface area contributed by atoms with Crippen LogP contribution in [-0.2, 0) is 41.1 Å². The summed E-state index contributed by atoms with van der Waals surface area (Å²) < 4.78 is 86.8. The standard InChI is InChI=1S/C44H59F6N15O6S2/c45-43(46,47)26-19-28(62-33(66)9-3-6-12-60-41(53)54)37(72-16-14-58-35(68)23-51)30(21-26)64-39(70)25-8-2-1-5-11-57-32(18-25)40(71)65-31-22-27(44(48,49)50)20-29(38(31)73-17-15-59-36(69)24-52)63-34(67)10-4-7-13-61-42(55)56/h8,11,18-22H,1-7,9-10,12-17,23-24,51-52H2,(H,58,68)(H,59,69)(H,62,66)(H,63,67)(H,64,70)(H,65,71)(H4,53,54,60)(H4,55,56,61). The van der Waals surface area contributed by atoms with Gasteiger partial charge in [0.2, 0.25) is 23.6 Å². The third-order valence-corrected chi connectivity index (χ3v) is 12.0. The maximum Gasteiger partial charge on any atom is 0.416 e. The van der Waals surface area contributed by atoms with E-state index in [1.165, 1.54) is 12.3 Å². The maximum absolute atomic E-state index is 14.5. The lowest BCUT2D eigenvalue weighted by Gasteiger charge is -2.20. The maximum atomic E-state index is 14.5. The van der Waals surface area contributed by atoms with Gasteiger partial charge in [-0.05, 0) is 75.3 Å². The number of amides is 6. The first kappa shape index (κ1) is 60.5. The lowest BCUT2D eigenvalue weighted by Crippen LogP contribution is -2.31. The summed E-state index contributed by atoms with van der Waals surface area (Å²) in [6.45, 7) is -0.358. The normalized spacial score (nSPS) is 12.7. The molecule has 2 aromatic carbocycles. The second kappa shape index (κ2) is 30.2. The first-order valence-electron chi connectivity index (χ1n) is 22.5. The Labute approximate surface area is 424 Å². The fourth-order valence-corrected chi connectivity index (χ4v) is 8.15. The van der Waals surface area contributed by atoms with E-state index in [-0.39, 0.29) is 128 Å². The quantitative estimate of drug-likeness (QED) is 0.0211. The van der Waals surface area contributed by atoms with E-state index in [9.17, 15) is 55.1 Å². The van der Waals surface area contributed by atoms with E-state index in [0.29, 0.717) is 43.5 Å². The van der Waals surface area contributed by atoms with Gasteiger partial charge in [-0.25, -0.2) is 0 Å². The third-order valence-electron chi connectivity index (χ3n) is 9.72. The minimum absolute atomic E-state index is 0.0134. The van der Waals surface area contributed by atoms with Crippen LogP contribution >= 0.6 is 23.5 Å². The molecule has 3 rings (SSSR count). The lowest BCUT2D eigenvalue weighted by molar-refractivity contribution is -0.138. The van der Waals surface area contributed by atoms with Crippen molar-refractivity contribution < 1.29 is 55.1 Å². The number of carbonyl (C=O) groups excluding carboxylic acids is 6. The summed E-state index contributed by atoms with van der Waals surface area (Å²) in [5, 5.41) is 14.9. The van der Waals surface area contributed by atoms with Gasteiger partial charge in [-0.2, -0.15) is 26.3 Å². The van der Waals surface area contributed by atoms with Gasteiger partial charge in [0.25, 0.3) is 11.8 Å². The highest BCUT2D eigenvalue weighted by Gasteiger charge is 2.35. The van der Waals surface area contributed by atoms with Gasteiger partial charge < -0.3 is 66.3 Å². The molecule has 0 atom stereocenters. The molecule has 29 heteroatoms. The van der Waals surface area contributed by atoms with Gasteiger partial charge in [0, 0.05) is 62.3 Å². The summed E-state index contributed by atoms with van der Waals surface area (Å²) >= 11 is 1.76. The number of carbonyl (C=O) groups is 6. The van der Waals surface area contributed by atoms with Gasteiger partial charge in [0.05, 0.1) is 56.8 Å². The number of alkyl halides is 6. The topological polar surface area (TPSA) is 368 Å². The molecule has 1 aliphatic rings. The van der Waals surface area contributed by atoms with Crippen LogP contribution in [0.4, 0.5) is 49.1 Å². The van der Waals surface area contributed by atoms with Crippen LogP contribution in [0.3, 0.4) is 0 Å². The van der Waals surface area contributed by atoms with E-state index >= 15 is 0 Å². The molecule has 73 heavy (non-hydrogen) atoms. The van der Waals surface area contributed by atoms with Crippen molar-refractivity contribution >= 4 is 99.9 Å². The molecule has 2 aromatic rings. The molecule has 0 aliphatic carbocycles. The van der Waals surface area contributed by atoms with Crippen molar-refractivity contribution in [2.45, 2.75) is 79.9 Å². The van der Waals surface area contributed by atoms with Crippen molar-refractivity contribution in [1.29, 1.82) is 0 Å². The highest BCUT2D eigenvalue weighted by molar-refractivity contribution is 7.99. The number of nitrogens with one attached hydrogen (secondary N) is 6. The number of unbranched alkanes of at least 4 members (excludes halogenated alkanes) is 2. The Morgan fingerprint density at radius 1 is 0.589 bits per heavy atom. The Bertz CT molecular complexity index is 2440. The van der Waals surface area contributed by atoms with Gasteiger partial charge in [-0.15, -0.1) is 23.5 Å². The molecule has 1 aliphatic heterocycles. The zero-order chi connectivity index (χ0) is 54.1. The number of anilines is 4. The van der Waals surface area contributed by atoms with Crippen molar-refractivity contribution in [2.75, 3.05) is 72.0 Å². The number of aliphatic imine (C=N–C) groups is 3. The van der Waals surface area contributed by atoms with Crippen LogP contribution in [0, 0.1) is 0 Å². The molecule has 21 nitrogen and oxygen atoms in total. The van der Waals surface area contributed by atoms with Crippen LogP contribution < -0.4 is 66.3 Å². The van der Waals surface area contributed by atoms with E-state index in [4.69, 9.17) is 34.4 Å². The van der Waals surface area contributed by atoms with Crippen LogP contribution in [0.2, 0.25) is 0 Å². The highest BCUT2D eigenvalue weighted by Crippen LogP contribution is 2.43. The van der Waals surface area contributed by atoms with Crippen LogP contribution in [0.1, 0.15) is 68.9 Å². The number of nitrogens with two attached hydrogens (primary N) is 6. The largest absolute Gasteiger partial charge is 0.416 e. The number of thioether (sulfide) groups is 2. The van der Waals surface area contributed by atoms with E-state index < -0.39 is 76.0 Å². The number of halogens is 6. The van der Waals surface area contributed by atoms with Gasteiger partial charge in [-0.3, -0.25) is 43.7 Å². The van der Waals surface area contributed by atoms with Gasteiger partial charge in [-0.1, -0.05) is 6.08 Å². The monoisotopic (exact) mass is 1070 g/mol. The number of benzene rings is 2. The molecule has 0 radical (unpaired) electrons. The third kappa shape index (κ3) is 22.2. The van der Waals surface area contributed by atoms with Crippen LogP contribution in [0.5, 0.6) is 0 Å². The number of guanidine groups is 2. The summed E-state index contributed by atoms with van der Waals surface area (Å²) in [5.41, 5.74) is 27.2. The van der Waals surface area contributed by atoms with Crippen LogP contribution in [0.15, 0.2) is 72.5 Å². The van der Waals surface area contributed by atoms with Crippen LogP contribution in [-0.4, -0.2) is 104 Å². The van der Waals surface area contributed by atoms with Crippen molar-refractivity contribution in [1.82, 2.24) is 10.6 Å². The first-order chi connectivity index (χ1) is 34.5. The zero-order valence-corrected chi connectivity index (χ0v) is 41.0. The van der Waals surface area contributed by atoms with Crippen molar-refractivity contribution in [2.24, 2.45) is 49.4 Å². The predicted molar refractivity (Wildman–Crippen MR) is 271 cm³/mol. The highest BCUT2D eigenvalue weighted by atomic mass is 32.2. The fourth-order valence-electron chi connectivity index (χ4n) is 6.27. The summed E-state index contributed by atoms with van der Waals surface area (Å²) in [6, 6.07) is 2.64. The Morgan fingerprint density at radius 3 is 1.42 bits per heavy atom. The second-order valence-corrected chi connectivity index (χ2v) is 17.8. The smallest absolute Gasteiger partial charge is 0.370 e. The van der Waals surface area contributed by atoms with Crippen molar-refractivity contribution in [3.05, 3.63) is 58.8 Å². The average molecular weight is 1070 g/mol. The van der Waals surface area contributed by atoms with E-state index in [0.717, 1.165) is 29.6 Å². The molecule has 0 bridgehead atoms. The fraction of sp³-hybridized carbons (Fsp3) is 0.432. The Hall–Kier alpha value is -6.85. The SMILES string of the molecule is NCC(=O)NCCSc1c(NC(=O)CCCCN=C(N)N)cc(C(F)(F)F)cc1NC(=O)C1=CCCCC=NC(C(=O)Nc2cc(C(F)(F)F)cc(NC(=O)CCCCN=C(N)N)c2SCCNC(=O)CN)=C1. The summed E-state index contributed by atoms with van der Waals surface area (Å²) in [6.07, 6.45) is -4.53. The molecule has 0 spiro atoms. The minimum Gasteiger partial charge on any atom is -0.370 e. The first-order valence-corrected chi connectivity index (χ1v) is 24.5. The van der Waals surface area contributed by atoms with Gasteiger partial charge in [0.15, 0.2) is 11.9 Å². The average Bonchev–Trinajstić information content (AvgIpc) is 3.44. The molecule has 1 heterocycles. The Morgan fingerprint density at radius 2 is 1.01 bits per heavy atom. The summed E-state index contributed by atoms with van der Waals surface area (Å²) in [4.78, 5) is 90.1. The molecule has 0 aromatic heterocycles. The molecule has 400 valence electrons. The molecule has 0 fully saturated rings. The minimum atomic E-state index is -5.00. The predicted octanol–water partition coefficient (Wildman–Crippen LogP) is 3.46. The zero-order valence-electron chi connectivity index (χ0n) is 39.4. The lowest BCUT2D eigenvalue weighted by atomic mass is 10.1. The van der Waals surface area contributed by atoms with Crippen LogP contribution in [0.25, 0.3) is 0 Å². The molecule has 0 saturated heterocycles. The molecular weight excluding hydrogens is 1010 g/mol. The molecule has 0 saturated carbocycles.